The number of sulfone groups is 1. The van der Waals surface area contributed by atoms with Gasteiger partial charge in [-0.25, -0.2) is 13.2 Å². The van der Waals surface area contributed by atoms with Crippen LogP contribution in [-0.2, 0) is 19.4 Å². The Kier molecular flexibility index (Phi) is 4.49. The van der Waals surface area contributed by atoms with Crippen LogP contribution in [-0.4, -0.2) is 38.5 Å². The van der Waals surface area contributed by atoms with Crippen molar-refractivity contribution >= 4 is 33.1 Å². The van der Waals surface area contributed by atoms with Gasteiger partial charge in [0.2, 0.25) is 0 Å². The maximum absolute atomic E-state index is 12.3. The lowest BCUT2D eigenvalue weighted by Gasteiger charge is -2.33. The van der Waals surface area contributed by atoms with Crippen LogP contribution < -0.4 is 5.32 Å². The highest BCUT2D eigenvalue weighted by Gasteiger charge is 2.54. The fraction of sp³-hybridized carbons (Fsp3) is 0.500. The predicted molar refractivity (Wildman–Crippen MR) is 82.3 cm³/mol. The van der Waals surface area contributed by atoms with Crippen molar-refractivity contribution in [2.75, 3.05) is 18.7 Å². The first kappa shape index (κ1) is 16.1. The summed E-state index contributed by atoms with van der Waals surface area (Å²) in [6.45, 7) is 0. The zero-order chi connectivity index (χ0) is 15.7. The van der Waals surface area contributed by atoms with Gasteiger partial charge in [-0.1, -0.05) is 17.7 Å². The van der Waals surface area contributed by atoms with Crippen molar-refractivity contribution in [2.45, 2.75) is 30.1 Å². The summed E-state index contributed by atoms with van der Waals surface area (Å²) in [4.78, 5) is 12.3. The van der Waals surface area contributed by atoms with Gasteiger partial charge in [0.15, 0.2) is 15.4 Å². The van der Waals surface area contributed by atoms with E-state index in [1.165, 1.54) is 7.11 Å². The van der Waals surface area contributed by atoms with Crippen LogP contribution in [0.5, 0.6) is 0 Å². The number of anilines is 1. The van der Waals surface area contributed by atoms with Gasteiger partial charge in [0, 0.05) is 17.0 Å². The van der Waals surface area contributed by atoms with Crippen molar-refractivity contribution in [3.63, 3.8) is 0 Å². The summed E-state index contributed by atoms with van der Waals surface area (Å²) in [7, 11) is -2.13. The number of rotatable bonds is 4. The number of methoxy groups -OCH3 is 1. The minimum atomic E-state index is -3.39. The zero-order valence-corrected chi connectivity index (χ0v) is 13.5. The molecule has 7 heteroatoms. The predicted octanol–water partition coefficient (Wildman–Crippen LogP) is 2.26. The number of halogens is 1. The topological polar surface area (TPSA) is 72.5 Å². The van der Waals surface area contributed by atoms with Crippen LogP contribution in [0.15, 0.2) is 24.3 Å². The molecule has 0 aromatic heterocycles. The smallest absolute Gasteiger partial charge is 0.332 e. The maximum atomic E-state index is 12.3. The molecule has 1 N–H and O–H groups in total. The van der Waals surface area contributed by atoms with Crippen molar-refractivity contribution in [2.24, 2.45) is 0 Å². The van der Waals surface area contributed by atoms with Gasteiger partial charge in [0.25, 0.3) is 0 Å². The molecule has 2 unspecified atom stereocenters. The van der Waals surface area contributed by atoms with E-state index in [0.29, 0.717) is 30.0 Å². The third-order valence-electron chi connectivity index (χ3n) is 3.85. The van der Waals surface area contributed by atoms with Crippen LogP contribution in [0, 0.1) is 0 Å². The highest BCUT2D eigenvalue weighted by Crippen LogP contribution is 2.39. The van der Waals surface area contributed by atoms with E-state index in [1.54, 1.807) is 24.3 Å². The molecule has 0 amide bonds. The highest BCUT2D eigenvalue weighted by atomic mass is 35.5. The summed E-state index contributed by atoms with van der Waals surface area (Å²) in [6, 6.07) is 6.85. The average molecular weight is 332 g/mol. The molecule has 1 aliphatic carbocycles. The van der Waals surface area contributed by atoms with Crippen molar-refractivity contribution in [1.29, 1.82) is 0 Å². The van der Waals surface area contributed by atoms with Crippen LogP contribution in [0.1, 0.15) is 19.3 Å². The Morgan fingerprint density at radius 1 is 1.48 bits per heavy atom. The van der Waals surface area contributed by atoms with Gasteiger partial charge in [-0.15, -0.1) is 0 Å². The number of carbonyl (C=O) groups is 1. The molecule has 5 nitrogen and oxygen atoms in total. The molecule has 116 valence electrons. The third-order valence-corrected chi connectivity index (χ3v) is 5.75. The Labute approximate surface area is 129 Å². The fourth-order valence-corrected chi connectivity index (χ4v) is 4.78. The second-order valence-electron chi connectivity index (χ2n) is 5.31. The molecule has 0 saturated heterocycles. The highest BCUT2D eigenvalue weighted by molar-refractivity contribution is 7.91. The number of nitrogens with one attached hydrogen (secondary N) is 1. The minimum Gasteiger partial charge on any atom is -0.467 e. The number of esters is 1. The molecule has 1 saturated carbocycles. The zero-order valence-electron chi connectivity index (χ0n) is 11.9. The monoisotopic (exact) mass is 331 g/mol. The number of ether oxygens (including phenoxy) is 1. The maximum Gasteiger partial charge on any atom is 0.332 e. The normalized spacial score (nSPS) is 25.6. The van der Waals surface area contributed by atoms with Crippen molar-refractivity contribution in [1.82, 2.24) is 0 Å². The van der Waals surface area contributed by atoms with Crippen molar-refractivity contribution < 1.29 is 17.9 Å². The first-order chi connectivity index (χ1) is 9.79. The SMILES string of the molecule is COC(=O)C1(Nc2cccc(Cl)c2)CCCC1S(C)(=O)=O. The van der Waals surface area contributed by atoms with E-state index < -0.39 is 26.6 Å². The van der Waals surface area contributed by atoms with Gasteiger partial charge in [0.05, 0.1) is 12.4 Å². The van der Waals surface area contributed by atoms with E-state index in [9.17, 15) is 13.2 Å². The summed E-state index contributed by atoms with van der Waals surface area (Å²) < 4.78 is 29.0. The molecule has 2 rings (SSSR count). The van der Waals surface area contributed by atoms with Crippen molar-refractivity contribution in [3.8, 4) is 0 Å². The van der Waals surface area contributed by atoms with Gasteiger partial charge >= 0.3 is 5.97 Å². The summed E-state index contributed by atoms with van der Waals surface area (Å²) in [5, 5.41) is 2.76. The van der Waals surface area contributed by atoms with E-state index >= 15 is 0 Å². The van der Waals surface area contributed by atoms with E-state index in [2.05, 4.69) is 5.32 Å². The first-order valence-corrected chi connectivity index (χ1v) is 8.94. The molecule has 1 fully saturated rings. The molecule has 0 radical (unpaired) electrons. The summed E-state index contributed by atoms with van der Waals surface area (Å²) >= 11 is 5.94. The molecule has 0 heterocycles. The van der Waals surface area contributed by atoms with Gasteiger partial charge in [0.1, 0.15) is 0 Å². The standard InChI is InChI=1S/C14H18ClNO4S/c1-20-13(17)14(8-4-7-12(14)21(2,18)19)16-11-6-3-5-10(15)9-11/h3,5-6,9,12,16H,4,7-8H2,1-2H3. The van der Waals surface area contributed by atoms with Gasteiger partial charge in [-0.05, 0) is 37.5 Å². The molecule has 0 aliphatic heterocycles. The summed E-state index contributed by atoms with van der Waals surface area (Å²) in [5.41, 5.74) is -0.657. The Balaban J connectivity index is 2.45. The third kappa shape index (κ3) is 3.16. The lowest BCUT2D eigenvalue weighted by atomic mass is 9.96. The number of benzene rings is 1. The van der Waals surface area contributed by atoms with Crippen LogP contribution in [0.2, 0.25) is 5.02 Å². The number of carbonyl (C=O) groups excluding carboxylic acids is 1. The summed E-state index contributed by atoms with van der Waals surface area (Å²) in [5.74, 6) is -0.560. The van der Waals surface area contributed by atoms with Gasteiger partial charge < -0.3 is 10.1 Å². The Morgan fingerprint density at radius 2 is 2.19 bits per heavy atom. The Hall–Kier alpha value is -1.27. The average Bonchev–Trinajstić information content (AvgIpc) is 2.82. The van der Waals surface area contributed by atoms with Gasteiger partial charge in [-0.3, -0.25) is 0 Å². The first-order valence-electron chi connectivity index (χ1n) is 6.60. The van der Waals surface area contributed by atoms with E-state index in [-0.39, 0.29) is 0 Å². The van der Waals surface area contributed by atoms with Gasteiger partial charge in [-0.2, -0.15) is 0 Å². The number of hydrogen-bond acceptors (Lipinski definition) is 5. The second-order valence-corrected chi connectivity index (χ2v) is 7.97. The van der Waals surface area contributed by atoms with E-state index in [4.69, 9.17) is 16.3 Å². The van der Waals surface area contributed by atoms with E-state index in [1.807, 2.05) is 0 Å². The Bertz CT molecular complexity index is 646. The quantitative estimate of drug-likeness (QED) is 0.857. The lowest BCUT2D eigenvalue weighted by Crippen LogP contribution is -2.55. The van der Waals surface area contributed by atoms with Crippen LogP contribution in [0.4, 0.5) is 5.69 Å². The van der Waals surface area contributed by atoms with E-state index in [0.717, 1.165) is 6.26 Å². The molecule has 0 spiro atoms. The van der Waals surface area contributed by atoms with Crippen LogP contribution in [0.25, 0.3) is 0 Å². The molecule has 2 atom stereocenters. The summed E-state index contributed by atoms with van der Waals surface area (Å²) in [6.07, 6.45) is 2.63. The fourth-order valence-electron chi connectivity index (χ4n) is 2.99. The van der Waals surface area contributed by atoms with Crippen LogP contribution >= 0.6 is 11.6 Å². The lowest BCUT2D eigenvalue weighted by molar-refractivity contribution is -0.145. The molecule has 1 aliphatic rings. The molecule has 21 heavy (non-hydrogen) atoms. The molecule has 0 bridgehead atoms. The second kappa shape index (κ2) is 5.85. The molecule has 1 aromatic carbocycles. The minimum absolute atomic E-state index is 0.407. The molecule has 1 aromatic rings. The molecular weight excluding hydrogens is 314 g/mol. The molecular formula is C14H18ClNO4S. The number of hydrogen-bond donors (Lipinski definition) is 1. The largest absolute Gasteiger partial charge is 0.467 e. The Morgan fingerprint density at radius 3 is 2.76 bits per heavy atom. The van der Waals surface area contributed by atoms with Crippen LogP contribution in [0.3, 0.4) is 0 Å². The van der Waals surface area contributed by atoms with Crippen molar-refractivity contribution in [3.05, 3.63) is 29.3 Å².